The van der Waals surface area contributed by atoms with Gasteiger partial charge in [-0.15, -0.1) is 0 Å². The van der Waals surface area contributed by atoms with Gasteiger partial charge >= 0.3 is 5.97 Å². The molecular formula is C30H34N2O4. The van der Waals surface area contributed by atoms with Crippen LogP contribution in [0.1, 0.15) is 47.7 Å². The maximum absolute atomic E-state index is 13.3. The summed E-state index contributed by atoms with van der Waals surface area (Å²) in [5.41, 5.74) is 2.79. The predicted molar refractivity (Wildman–Crippen MR) is 139 cm³/mol. The average molecular weight is 487 g/mol. The standard InChI is InChI=1S/C30H34N2O4/c1-2-36-30(35)26-14-9-15-27(28(26)31-29(34)24-16-18-25(33)19-17-24)32(20-22-10-5-3-6-11-22)21-23-12-7-4-8-13-23/h3-8,10-13,16-19,26-28,33H,2,9,14-15,20-21H2,1H3,(H,31,34)/t26-,27-,28?/m0/s1. The first kappa shape index (κ1) is 25.5. The number of benzene rings is 3. The molecule has 1 fully saturated rings. The number of phenols is 1. The Hall–Kier alpha value is -3.64. The van der Waals surface area contributed by atoms with Crippen LogP contribution in [0.3, 0.4) is 0 Å². The number of esters is 1. The van der Waals surface area contributed by atoms with E-state index in [4.69, 9.17) is 4.74 Å². The highest BCUT2D eigenvalue weighted by Gasteiger charge is 2.42. The van der Waals surface area contributed by atoms with E-state index in [2.05, 4.69) is 34.5 Å². The lowest BCUT2D eigenvalue weighted by molar-refractivity contribution is -0.151. The number of aromatic hydroxyl groups is 1. The minimum atomic E-state index is -0.432. The second-order valence-corrected chi connectivity index (χ2v) is 9.28. The Kier molecular flexibility index (Phi) is 8.74. The highest BCUT2D eigenvalue weighted by atomic mass is 16.5. The molecule has 3 aromatic carbocycles. The van der Waals surface area contributed by atoms with Crippen molar-refractivity contribution in [1.82, 2.24) is 10.2 Å². The first-order valence-electron chi connectivity index (χ1n) is 12.6. The molecule has 188 valence electrons. The van der Waals surface area contributed by atoms with Gasteiger partial charge in [0, 0.05) is 24.7 Å². The van der Waals surface area contributed by atoms with Gasteiger partial charge < -0.3 is 15.2 Å². The molecule has 0 radical (unpaired) electrons. The first-order valence-corrected chi connectivity index (χ1v) is 12.6. The normalized spacial score (nSPS) is 19.6. The number of carbonyl (C=O) groups is 2. The molecule has 1 aliphatic carbocycles. The SMILES string of the molecule is CCOC(=O)[C@H]1CCC[C@H](N(Cc2ccccc2)Cc2ccccc2)C1NC(=O)c1ccc(O)cc1. The molecule has 0 aliphatic heterocycles. The predicted octanol–water partition coefficient (Wildman–Crippen LogP) is 4.92. The Morgan fingerprint density at radius 2 is 1.47 bits per heavy atom. The summed E-state index contributed by atoms with van der Waals surface area (Å²) in [6, 6.07) is 26.2. The zero-order valence-corrected chi connectivity index (χ0v) is 20.7. The van der Waals surface area contributed by atoms with Crippen LogP contribution < -0.4 is 5.32 Å². The molecule has 0 spiro atoms. The monoisotopic (exact) mass is 486 g/mol. The summed E-state index contributed by atoms with van der Waals surface area (Å²) in [6.45, 7) is 3.50. The van der Waals surface area contributed by atoms with Crippen LogP contribution in [0.2, 0.25) is 0 Å². The van der Waals surface area contributed by atoms with E-state index in [0.29, 0.717) is 31.7 Å². The Labute approximate surface area is 212 Å². The first-order chi connectivity index (χ1) is 17.5. The second-order valence-electron chi connectivity index (χ2n) is 9.28. The minimum Gasteiger partial charge on any atom is -0.508 e. The Morgan fingerprint density at radius 3 is 2.03 bits per heavy atom. The number of rotatable bonds is 9. The van der Waals surface area contributed by atoms with Gasteiger partial charge in [0.25, 0.3) is 5.91 Å². The van der Waals surface area contributed by atoms with Crippen LogP contribution in [0.5, 0.6) is 5.75 Å². The van der Waals surface area contributed by atoms with Gasteiger partial charge in [-0.3, -0.25) is 14.5 Å². The van der Waals surface area contributed by atoms with E-state index < -0.39 is 12.0 Å². The molecule has 1 amide bonds. The molecule has 3 aromatic rings. The summed E-state index contributed by atoms with van der Waals surface area (Å²) < 4.78 is 5.44. The lowest BCUT2D eigenvalue weighted by Gasteiger charge is -2.43. The van der Waals surface area contributed by atoms with Gasteiger partial charge in [0.2, 0.25) is 0 Å². The van der Waals surface area contributed by atoms with Gasteiger partial charge in [-0.2, -0.15) is 0 Å². The van der Waals surface area contributed by atoms with Crippen molar-refractivity contribution < 1.29 is 19.4 Å². The van der Waals surface area contributed by atoms with Gasteiger partial charge in [0.15, 0.2) is 0 Å². The van der Waals surface area contributed by atoms with E-state index in [1.807, 2.05) is 36.4 Å². The molecule has 6 heteroatoms. The molecule has 36 heavy (non-hydrogen) atoms. The molecule has 0 saturated heterocycles. The third-order valence-corrected chi connectivity index (χ3v) is 6.81. The fraction of sp³-hybridized carbons (Fsp3) is 0.333. The minimum absolute atomic E-state index is 0.0605. The van der Waals surface area contributed by atoms with E-state index in [1.54, 1.807) is 19.1 Å². The van der Waals surface area contributed by atoms with E-state index in [1.165, 1.54) is 23.3 Å². The van der Waals surface area contributed by atoms with Crippen molar-refractivity contribution in [2.75, 3.05) is 6.61 Å². The van der Waals surface area contributed by atoms with Crippen molar-refractivity contribution in [2.45, 2.75) is 51.4 Å². The third kappa shape index (κ3) is 6.52. The van der Waals surface area contributed by atoms with E-state index in [-0.39, 0.29) is 23.7 Å². The number of carbonyl (C=O) groups excluding carboxylic acids is 2. The van der Waals surface area contributed by atoms with Crippen molar-refractivity contribution in [1.29, 1.82) is 0 Å². The van der Waals surface area contributed by atoms with Crippen LogP contribution in [0, 0.1) is 5.92 Å². The van der Waals surface area contributed by atoms with Crippen LogP contribution in [0.4, 0.5) is 0 Å². The maximum atomic E-state index is 13.3. The lowest BCUT2D eigenvalue weighted by Crippen LogP contribution is -2.58. The van der Waals surface area contributed by atoms with Gasteiger partial charge in [-0.1, -0.05) is 67.1 Å². The van der Waals surface area contributed by atoms with Crippen LogP contribution in [-0.4, -0.2) is 40.6 Å². The maximum Gasteiger partial charge on any atom is 0.311 e. The van der Waals surface area contributed by atoms with E-state index >= 15 is 0 Å². The Bertz CT molecular complexity index is 1080. The molecule has 4 rings (SSSR count). The zero-order chi connectivity index (χ0) is 25.3. The summed E-state index contributed by atoms with van der Waals surface area (Å²) in [7, 11) is 0. The molecule has 1 saturated carbocycles. The number of hydrogen-bond donors (Lipinski definition) is 2. The lowest BCUT2D eigenvalue weighted by atomic mass is 9.79. The van der Waals surface area contributed by atoms with Crippen LogP contribution in [0.15, 0.2) is 84.9 Å². The van der Waals surface area contributed by atoms with Gasteiger partial charge in [-0.25, -0.2) is 0 Å². The second kappa shape index (κ2) is 12.4. The number of phenolic OH excluding ortho intramolecular Hbond substituents is 1. The summed E-state index contributed by atoms with van der Waals surface area (Å²) in [5.74, 6) is -0.861. The summed E-state index contributed by atoms with van der Waals surface area (Å²) in [4.78, 5) is 28.7. The number of nitrogens with one attached hydrogen (secondary N) is 1. The Morgan fingerprint density at radius 1 is 0.889 bits per heavy atom. The molecule has 2 N–H and O–H groups in total. The highest BCUT2D eigenvalue weighted by molar-refractivity contribution is 5.95. The number of amides is 1. The molecule has 0 bridgehead atoms. The molecule has 1 aliphatic rings. The fourth-order valence-corrected chi connectivity index (χ4v) is 5.07. The van der Waals surface area contributed by atoms with Crippen LogP contribution in [0.25, 0.3) is 0 Å². The quantitative estimate of drug-likeness (QED) is 0.420. The summed E-state index contributed by atoms with van der Waals surface area (Å²) in [5, 5.41) is 12.8. The van der Waals surface area contributed by atoms with Crippen molar-refractivity contribution in [3.63, 3.8) is 0 Å². The van der Waals surface area contributed by atoms with Crippen LogP contribution in [-0.2, 0) is 22.6 Å². The van der Waals surface area contributed by atoms with Crippen molar-refractivity contribution in [3.05, 3.63) is 102 Å². The van der Waals surface area contributed by atoms with E-state index in [0.717, 1.165) is 12.8 Å². The third-order valence-electron chi connectivity index (χ3n) is 6.81. The topological polar surface area (TPSA) is 78.9 Å². The van der Waals surface area contributed by atoms with E-state index in [9.17, 15) is 14.7 Å². The molecule has 0 aromatic heterocycles. The molecule has 0 heterocycles. The largest absolute Gasteiger partial charge is 0.508 e. The molecule has 6 nitrogen and oxygen atoms in total. The van der Waals surface area contributed by atoms with Gasteiger partial charge in [0.05, 0.1) is 18.6 Å². The molecule has 1 unspecified atom stereocenters. The highest BCUT2D eigenvalue weighted by Crippen LogP contribution is 2.32. The molecular weight excluding hydrogens is 452 g/mol. The zero-order valence-electron chi connectivity index (χ0n) is 20.7. The Balaban J connectivity index is 1.66. The summed E-state index contributed by atoms with van der Waals surface area (Å²) >= 11 is 0. The fourth-order valence-electron chi connectivity index (χ4n) is 5.07. The number of nitrogens with zero attached hydrogens (tertiary/aromatic N) is 1. The number of hydrogen-bond acceptors (Lipinski definition) is 5. The van der Waals surface area contributed by atoms with Gasteiger partial charge in [0.1, 0.15) is 5.75 Å². The van der Waals surface area contributed by atoms with Gasteiger partial charge in [-0.05, 0) is 55.2 Å². The van der Waals surface area contributed by atoms with Crippen molar-refractivity contribution in [2.24, 2.45) is 5.92 Å². The average Bonchev–Trinajstić information content (AvgIpc) is 2.90. The molecule has 3 atom stereocenters. The van der Waals surface area contributed by atoms with Crippen molar-refractivity contribution >= 4 is 11.9 Å². The van der Waals surface area contributed by atoms with Crippen molar-refractivity contribution in [3.8, 4) is 5.75 Å². The smallest absolute Gasteiger partial charge is 0.311 e. The van der Waals surface area contributed by atoms with Crippen LogP contribution >= 0.6 is 0 Å². The summed E-state index contributed by atoms with van der Waals surface area (Å²) in [6.07, 6.45) is 2.40. The number of ether oxygens (including phenoxy) is 1.